The van der Waals surface area contributed by atoms with Crippen LogP contribution in [0.2, 0.25) is 10.0 Å². The van der Waals surface area contributed by atoms with Gasteiger partial charge in [-0.2, -0.15) is 5.10 Å². The average Bonchev–Trinajstić information content (AvgIpc) is 3.20. The first-order valence-electron chi connectivity index (χ1n) is 10.5. The molecule has 1 aromatic carbocycles. The van der Waals surface area contributed by atoms with Gasteiger partial charge >= 0.3 is 0 Å². The van der Waals surface area contributed by atoms with E-state index in [1.54, 1.807) is 41.4 Å². The van der Waals surface area contributed by atoms with E-state index in [0.717, 1.165) is 48.5 Å². The summed E-state index contributed by atoms with van der Waals surface area (Å²) >= 11 is 12.7. The molecule has 0 spiro atoms. The molecular formula is C23H22Cl2FN7. The number of fused-ring (bicyclic) bond motifs is 1. The van der Waals surface area contributed by atoms with Crippen molar-refractivity contribution in [1.29, 1.82) is 0 Å². The summed E-state index contributed by atoms with van der Waals surface area (Å²) in [6.07, 6.45) is 6.88. The molecule has 2 N–H and O–H groups in total. The molecule has 0 unspecified atom stereocenters. The van der Waals surface area contributed by atoms with Gasteiger partial charge in [-0.25, -0.2) is 18.9 Å². The Bertz CT molecular complexity index is 1280. The van der Waals surface area contributed by atoms with Gasteiger partial charge in [0.25, 0.3) is 0 Å². The molecule has 1 atom stereocenters. The highest BCUT2D eigenvalue weighted by Gasteiger charge is 2.27. The predicted molar refractivity (Wildman–Crippen MR) is 129 cm³/mol. The molecule has 0 bridgehead atoms. The zero-order valence-corrected chi connectivity index (χ0v) is 19.4. The van der Waals surface area contributed by atoms with Gasteiger partial charge in [0.05, 0.1) is 33.0 Å². The highest BCUT2D eigenvalue weighted by atomic mass is 35.5. The quantitative estimate of drug-likeness (QED) is 0.468. The Balaban J connectivity index is 1.31. The second kappa shape index (κ2) is 8.44. The molecule has 1 fully saturated rings. The molecule has 4 aromatic rings. The predicted octanol–water partition coefficient (Wildman–Crippen LogP) is 4.12. The molecule has 0 radical (unpaired) electrons. The van der Waals surface area contributed by atoms with Crippen molar-refractivity contribution in [2.75, 3.05) is 36.0 Å². The lowest BCUT2D eigenvalue weighted by molar-refractivity contribution is 0.585. The number of hydrogen-bond donors (Lipinski definition) is 1. The Morgan fingerprint density at radius 2 is 1.58 bits per heavy atom. The fourth-order valence-corrected chi connectivity index (χ4v) is 4.60. The van der Waals surface area contributed by atoms with E-state index in [-0.39, 0.29) is 5.82 Å². The number of hydrogen-bond acceptors (Lipinski definition) is 6. The first kappa shape index (κ1) is 21.9. The third kappa shape index (κ3) is 4.10. The van der Waals surface area contributed by atoms with Crippen LogP contribution in [0.4, 0.5) is 16.0 Å². The molecule has 170 valence electrons. The van der Waals surface area contributed by atoms with Gasteiger partial charge in [0.15, 0.2) is 0 Å². The number of rotatable bonds is 4. The minimum atomic E-state index is -0.827. The lowest BCUT2D eigenvalue weighted by Gasteiger charge is -2.36. The highest BCUT2D eigenvalue weighted by molar-refractivity contribution is 6.34. The second-order valence-electron chi connectivity index (χ2n) is 8.28. The Morgan fingerprint density at radius 1 is 0.939 bits per heavy atom. The van der Waals surface area contributed by atoms with Gasteiger partial charge in [-0.3, -0.25) is 0 Å². The van der Waals surface area contributed by atoms with Crippen molar-refractivity contribution in [3.63, 3.8) is 0 Å². The highest BCUT2D eigenvalue weighted by Crippen LogP contribution is 2.33. The molecule has 3 aromatic heterocycles. The molecule has 0 aliphatic carbocycles. The summed E-state index contributed by atoms with van der Waals surface area (Å²) in [6, 6.07) is 8.04. The fourth-order valence-electron chi connectivity index (χ4n) is 4.15. The maximum atomic E-state index is 13.3. The van der Waals surface area contributed by atoms with Crippen molar-refractivity contribution in [2.24, 2.45) is 5.73 Å². The summed E-state index contributed by atoms with van der Waals surface area (Å²) in [7, 11) is 0. The van der Waals surface area contributed by atoms with Crippen LogP contribution in [0.5, 0.6) is 0 Å². The van der Waals surface area contributed by atoms with Gasteiger partial charge in [-0.05, 0) is 30.7 Å². The zero-order chi connectivity index (χ0) is 23.2. The number of benzene rings is 1. The summed E-state index contributed by atoms with van der Waals surface area (Å²) in [6.45, 7) is 4.83. The maximum absolute atomic E-state index is 13.3. The Hall–Kier alpha value is -2.94. The van der Waals surface area contributed by atoms with Gasteiger partial charge in [-0.1, -0.05) is 35.3 Å². The van der Waals surface area contributed by atoms with E-state index in [0.29, 0.717) is 16.0 Å². The van der Waals surface area contributed by atoms with E-state index in [9.17, 15) is 4.39 Å². The molecule has 1 aliphatic rings. The number of nitrogens with two attached hydrogens (primary N) is 1. The van der Waals surface area contributed by atoms with Crippen molar-refractivity contribution >= 4 is 40.4 Å². The molecule has 4 heterocycles. The van der Waals surface area contributed by atoms with Crippen LogP contribution in [-0.4, -0.2) is 45.8 Å². The third-order valence-corrected chi connectivity index (χ3v) is 6.58. The third-order valence-electron chi connectivity index (χ3n) is 6.09. The minimum Gasteiger partial charge on any atom is -0.365 e. The van der Waals surface area contributed by atoms with Gasteiger partial charge in [0, 0.05) is 50.3 Å². The topological polar surface area (TPSA) is 75.6 Å². The van der Waals surface area contributed by atoms with E-state index < -0.39 is 5.54 Å². The Labute approximate surface area is 200 Å². The first-order chi connectivity index (χ1) is 15.8. The van der Waals surface area contributed by atoms with Crippen LogP contribution < -0.4 is 15.5 Å². The van der Waals surface area contributed by atoms with Crippen molar-refractivity contribution in [2.45, 2.75) is 12.5 Å². The molecule has 10 heteroatoms. The van der Waals surface area contributed by atoms with Crippen LogP contribution in [0.3, 0.4) is 0 Å². The SMILES string of the molecule is C[C@](N)(c1ccc(F)cc1)c1cnc(N2CCN(c3c(Cl)cnn4cc(Cl)cc34)CC2)nc1. The lowest BCUT2D eigenvalue weighted by Crippen LogP contribution is -2.47. The van der Waals surface area contributed by atoms with Crippen LogP contribution in [-0.2, 0) is 5.54 Å². The monoisotopic (exact) mass is 485 g/mol. The molecule has 5 rings (SSSR count). The Kier molecular flexibility index (Phi) is 5.60. The van der Waals surface area contributed by atoms with Crippen molar-refractivity contribution in [3.05, 3.63) is 82.1 Å². The van der Waals surface area contributed by atoms with Crippen molar-refractivity contribution in [1.82, 2.24) is 19.6 Å². The van der Waals surface area contributed by atoms with Crippen LogP contribution in [0.25, 0.3) is 5.52 Å². The standard InChI is InChI=1S/C23H22Cl2FN7/c1-23(27,15-2-4-18(26)5-3-15)16-11-28-22(29-12-16)32-8-6-31(7-9-32)21-19(25)13-30-33-14-17(24)10-20(21)33/h2-5,10-14H,6-9,27H2,1H3/t23-/m0/s1. The lowest BCUT2D eigenvalue weighted by atomic mass is 9.87. The molecular weight excluding hydrogens is 464 g/mol. The summed E-state index contributed by atoms with van der Waals surface area (Å²) in [5, 5.41) is 5.50. The number of nitrogens with zero attached hydrogens (tertiary/aromatic N) is 6. The molecule has 7 nitrogen and oxygen atoms in total. The fraction of sp³-hybridized carbons (Fsp3) is 0.261. The number of aromatic nitrogens is 4. The van der Waals surface area contributed by atoms with Crippen LogP contribution in [0, 0.1) is 5.82 Å². The maximum Gasteiger partial charge on any atom is 0.225 e. The molecule has 1 aliphatic heterocycles. The van der Waals surface area contributed by atoms with Crippen LogP contribution >= 0.6 is 23.2 Å². The summed E-state index contributed by atoms with van der Waals surface area (Å²) in [5.74, 6) is 0.346. The van der Waals surface area contributed by atoms with E-state index in [1.165, 1.54) is 12.1 Å². The van der Waals surface area contributed by atoms with Gasteiger partial charge in [0.2, 0.25) is 5.95 Å². The van der Waals surface area contributed by atoms with Gasteiger partial charge < -0.3 is 15.5 Å². The largest absolute Gasteiger partial charge is 0.365 e. The molecule has 1 saturated heterocycles. The van der Waals surface area contributed by atoms with E-state index >= 15 is 0 Å². The molecule has 0 saturated carbocycles. The minimum absolute atomic E-state index is 0.297. The van der Waals surface area contributed by atoms with Crippen molar-refractivity contribution < 1.29 is 4.39 Å². The number of halogens is 3. The number of piperazine rings is 1. The molecule has 0 amide bonds. The second-order valence-corrected chi connectivity index (χ2v) is 9.13. The summed E-state index contributed by atoms with van der Waals surface area (Å²) in [5.41, 5.74) is 9.06. The number of anilines is 2. The average molecular weight is 486 g/mol. The first-order valence-corrected chi connectivity index (χ1v) is 11.3. The molecule has 33 heavy (non-hydrogen) atoms. The van der Waals surface area contributed by atoms with Crippen molar-refractivity contribution in [3.8, 4) is 0 Å². The van der Waals surface area contributed by atoms with Crippen LogP contribution in [0.1, 0.15) is 18.1 Å². The normalized spacial score (nSPS) is 16.3. The van der Waals surface area contributed by atoms with Gasteiger partial charge in [-0.15, -0.1) is 0 Å². The van der Waals surface area contributed by atoms with Crippen LogP contribution in [0.15, 0.2) is 55.1 Å². The zero-order valence-electron chi connectivity index (χ0n) is 17.9. The summed E-state index contributed by atoms with van der Waals surface area (Å²) < 4.78 is 15.0. The smallest absolute Gasteiger partial charge is 0.225 e. The van der Waals surface area contributed by atoms with E-state index in [2.05, 4.69) is 24.9 Å². The Morgan fingerprint density at radius 3 is 2.24 bits per heavy atom. The summed E-state index contributed by atoms with van der Waals surface area (Å²) in [4.78, 5) is 13.5. The van der Waals surface area contributed by atoms with Gasteiger partial charge in [0.1, 0.15) is 5.82 Å². The van der Waals surface area contributed by atoms with E-state index in [4.69, 9.17) is 28.9 Å². The van der Waals surface area contributed by atoms with E-state index in [1.807, 2.05) is 13.0 Å².